The number of nitrogens with zero attached hydrogens (tertiary/aromatic N) is 2. The van der Waals surface area contributed by atoms with Gasteiger partial charge in [0.1, 0.15) is 6.29 Å². The van der Waals surface area contributed by atoms with E-state index in [0.29, 0.717) is 6.42 Å². The summed E-state index contributed by atoms with van der Waals surface area (Å²) in [7, 11) is 3.66. The van der Waals surface area contributed by atoms with E-state index in [1.165, 1.54) is 6.08 Å². The molecule has 0 amide bonds. The minimum Gasteiger partial charge on any atom is -0.383 e. The van der Waals surface area contributed by atoms with E-state index in [-0.39, 0.29) is 10.8 Å². The highest BCUT2D eigenvalue weighted by atomic mass is 16.6. The minimum absolute atomic E-state index is 0.311. The third-order valence-electron chi connectivity index (χ3n) is 2.26. The van der Waals surface area contributed by atoms with Crippen LogP contribution in [0.2, 0.25) is 0 Å². The molecule has 1 aliphatic rings. The van der Waals surface area contributed by atoms with Gasteiger partial charge in [0.05, 0.1) is 5.92 Å². The Morgan fingerprint density at radius 1 is 1.53 bits per heavy atom. The normalized spacial score (nSPS) is 27.7. The standard InChI is InChI=1S/C10H14N2O3/c1-11(2)6-9-5-10(12(14)15)4-3-8(9)7-13/h3-4,6-8,10H,5H2,1-2H3. The van der Waals surface area contributed by atoms with Gasteiger partial charge in [0.25, 0.3) is 0 Å². The summed E-state index contributed by atoms with van der Waals surface area (Å²) in [5, 5.41) is 10.6. The molecule has 0 aromatic rings. The molecule has 0 radical (unpaired) electrons. The minimum atomic E-state index is -0.701. The van der Waals surface area contributed by atoms with Crippen LogP contribution in [0.1, 0.15) is 6.42 Å². The molecule has 0 aromatic heterocycles. The van der Waals surface area contributed by atoms with Gasteiger partial charge < -0.3 is 9.69 Å². The summed E-state index contributed by atoms with van der Waals surface area (Å²) in [6.45, 7) is 0. The highest BCUT2D eigenvalue weighted by molar-refractivity contribution is 5.62. The van der Waals surface area contributed by atoms with Crippen molar-refractivity contribution in [2.45, 2.75) is 12.5 Å². The second-order valence-corrected chi connectivity index (χ2v) is 3.77. The van der Waals surface area contributed by atoms with Crippen molar-refractivity contribution in [2.24, 2.45) is 5.92 Å². The van der Waals surface area contributed by atoms with E-state index in [4.69, 9.17) is 0 Å². The van der Waals surface area contributed by atoms with Gasteiger partial charge in [-0.2, -0.15) is 0 Å². The van der Waals surface area contributed by atoms with Gasteiger partial charge in [0.2, 0.25) is 6.04 Å². The molecule has 0 aliphatic heterocycles. The second-order valence-electron chi connectivity index (χ2n) is 3.77. The summed E-state index contributed by atoms with van der Waals surface area (Å²) < 4.78 is 0. The van der Waals surface area contributed by atoms with Crippen LogP contribution in [0.15, 0.2) is 23.9 Å². The SMILES string of the molecule is CN(C)C=C1CC([N+](=O)[O-])C=CC1C=O. The Bertz CT molecular complexity index is 321. The molecule has 5 heteroatoms. The van der Waals surface area contributed by atoms with Crippen LogP contribution in [-0.4, -0.2) is 36.2 Å². The van der Waals surface area contributed by atoms with Crippen molar-refractivity contribution < 1.29 is 9.72 Å². The number of aldehydes is 1. The molecule has 0 N–H and O–H groups in total. The predicted molar refractivity (Wildman–Crippen MR) is 55.9 cm³/mol. The molecule has 0 aromatic carbocycles. The average Bonchev–Trinajstić information content (AvgIpc) is 2.16. The van der Waals surface area contributed by atoms with E-state index < -0.39 is 6.04 Å². The van der Waals surface area contributed by atoms with Crippen molar-refractivity contribution in [1.82, 2.24) is 4.90 Å². The molecular weight excluding hydrogens is 196 g/mol. The molecule has 0 fully saturated rings. The molecule has 0 saturated carbocycles. The highest BCUT2D eigenvalue weighted by Gasteiger charge is 2.27. The molecule has 5 nitrogen and oxygen atoms in total. The van der Waals surface area contributed by atoms with Crippen LogP contribution in [0, 0.1) is 16.0 Å². The van der Waals surface area contributed by atoms with Gasteiger partial charge in [0, 0.05) is 25.4 Å². The Labute approximate surface area is 88.2 Å². The Hall–Kier alpha value is -1.65. The summed E-state index contributed by atoms with van der Waals surface area (Å²) in [5.74, 6) is -0.316. The van der Waals surface area contributed by atoms with Crippen LogP contribution < -0.4 is 0 Å². The number of nitro groups is 1. The lowest BCUT2D eigenvalue weighted by Crippen LogP contribution is -2.25. The zero-order valence-electron chi connectivity index (χ0n) is 8.79. The van der Waals surface area contributed by atoms with Crippen LogP contribution in [-0.2, 0) is 4.79 Å². The van der Waals surface area contributed by atoms with E-state index in [9.17, 15) is 14.9 Å². The molecule has 2 unspecified atom stereocenters. The van der Waals surface area contributed by atoms with Crippen LogP contribution >= 0.6 is 0 Å². The molecule has 82 valence electrons. The number of allylic oxidation sites excluding steroid dienone is 1. The summed E-state index contributed by atoms with van der Waals surface area (Å²) in [5.41, 5.74) is 0.791. The first kappa shape index (κ1) is 11.4. The number of hydrogen-bond donors (Lipinski definition) is 0. The van der Waals surface area contributed by atoms with Gasteiger partial charge in [-0.25, -0.2) is 0 Å². The Morgan fingerprint density at radius 3 is 2.67 bits per heavy atom. The Balaban J connectivity index is 2.90. The number of hydrogen-bond acceptors (Lipinski definition) is 4. The van der Waals surface area contributed by atoms with Gasteiger partial charge in [-0.1, -0.05) is 6.08 Å². The zero-order valence-corrected chi connectivity index (χ0v) is 8.79. The predicted octanol–water partition coefficient (Wildman–Crippen LogP) is 0.852. The van der Waals surface area contributed by atoms with E-state index in [1.54, 1.807) is 17.2 Å². The average molecular weight is 210 g/mol. The molecular formula is C10H14N2O3. The third-order valence-corrected chi connectivity index (χ3v) is 2.26. The lowest BCUT2D eigenvalue weighted by atomic mass is 9.89. The van der Waals surface area contributed by atoms with Crippen molar-refractivity contribution in [2.75, 3.05) is 14.1 Å². The van der Waals surface area contributed by atoms with Gasteiger partial charge in [-0.05, 0) is 17.8 Å². The maximum Gasteiger partial charge on any atom is 0.235 e. The molecule has 0 spiro atoms. The summed E-state index contributed by atoms with van der Waals surface area (Å²) in [4.78, 5) is 22.8. The molecule has 0 heterocycles. The fourth-order valence-corrected chi connectivity index (χ4v) is 1.57. The topological polar surface area (TPSA) is 63.4 Å². The lowest BCUT2D eigenvalue weighted by Gasteiger charge is -2.19. The van der Waals surface area contributed by atoms with E-state index in [0.717, 1.165) is 11.9 Å². The number of carbonyl (C=O) groups is 1. The number of rotatable bonds is 3. The lowest BCUT2D eigenvalue weighted by molar-refractivity contribution is -0.509. The molecule has 2 atom stereocenters. The van der Waals surface area contributed by atoms with E-state index in [1.807, 2.05) is 14.1 Å². The highest BCUT2D eigenvalue weighted by Crippen LogP contribution is 2.24. The Kier molecular flexibility index (Phi) is 3.60. The van der Waals surface area contributed by atoms with Gasteiger partial charge in [-0.3, -0.25) is 10.1 Å². The first-order valence-electron chi connectivity index (χ1n) is 4.68. The van der Waals surface area contributed by atoms with Gasteiger partial charge in [0.15, 0.2) is 0 Å². The fourth-order valence-electron chi connectivity index (χ4n) is 1.57. The fraction of sp³-hybridized carbons (Fsp3) is 0.500. The van der Waals surface area contributed by atoms with Crippen LogP contribution in [0.3, 0.4) is 0 Å². The molecule has 1 aliphatic carbocycles. The second kappa shape index (κ2) is 4.72. The molecule has 1 rings (SSSR count). The quantitative estimate of drug-likeness (QED) is 0.300. The largest absolute Gasteiger partial charge is 0.383 e. The van der Waals surface area contributed by atoms with E-state index >= 15 is 0 Å². The van der Waals surface area contributed by atoms with E-state index in [2.05, 4.69) is 0 Å². The first-order valence-corrected chi connectivity index (χ1v) is 4.68. The maximum absolute atomic E-state index is 10.7. The zero-order chi connectivity index (χ0) is 11.4. The monoisotopic (exact) mass is 210 g/mol. The van der Waals surface area contributed by atoms with Crippen molar-refractivity contribution in [3.63, 3.8) is 0 Å². The number of carbonyl (C=O) groups excluding carboxylic acids is 1. The summed E-state index contributed by atoms with van der Waals surface area (Å²) >= 11 is 0. The smallest absolute Gasteiger partial charge is 0.235 e. The van der Waals surface area contributed by atoms with Crippen molar-refractivity contribution >= 4 is 6.29 Å². The van der Waals surface area contributed by atoms with Gasteiger partial charge >= 0.3 is 0 Å². The van der Waals surface area contributed by atoms with Crippen LogP contribution in [0.5, 0.6) is 0 Å². The van der Waals surface area contributed by atoms with Crippen molar-refractivity contribution in [3.05, 3.63) is 34.0 Å². The molecule has 0 bridgehead atoms. The Morgan fingerprint density at radius 2 is 2.20 bits per heavy atom. The summed E-state index contributed by atoms with van der Waals surface area (Å²) in [6, 6.07) is -0.701. The first-order chi connectivity index (χ1) is 7.04. The van der Waals surface area contributed by atoms with Crippen molar-refractivity contribution in [1.29, 1.82) is 0 Å². The molecule has 15 heavy (non-hydrogen) atoms. The summed E-state index contributed by atoms with van der Waals surface area (Å²) in [6.07, 6.45) is 5.98. The van der Waals surface area contributed by atoms with Crippen molar-refractivity contribution in [3.8, 4) is 0 Å². The maximum atomic E-state index is 10.7. The third kappa shape index (κ3) is 2.90. The van der Waals surface area contributed by atoms with Gasteiger partial charge in [-0.15, -0.1) is 0 Å². The molecule has 0 saturated heterocycles. The van der Waals surface area contributed by atoms with Crippen LogP contribution in [0.25, 0.3) is 0 Å². The van der Waals surface area contributed by atoms with Crippen LogP contribution in [0.4, 0.5) is 0 Å².